The van der Waals surface area contributed by atoms with Crippen LogP contribution >= 0.6 is 0 Å². The van der Waals surface area contributed by atoms with Crippen LogP contribution in [0.1, 0.15) is 44.2 Å². The van der Waals surface area contributed by atoms with Crippen molar-refractivity contribution in [2.75, 3.05) is 48.6 Å². The van der Waals surface area contributed by atoms with E-state index in [1.165, 1.54) is 5.56 Å². The van der Waals surface area contributed by atoms with E-state index >= 15 is 0 Å². The zero-order valence-electron chi connectivity index (χ0n) is 21.8. The van der Waals surface area contributed by atoms with Crippen molar-refractivity contribution >= 4 is 0 Å². The summed E-state index contributed by atoms with van der Waals surface area (Å²) < 4.78 is 21.6. The molecule has 2 aromatic rings. The Balaban J connectivity index is 1.94. The first kappa shape index (κ1) is 27.3. The smallest absolute Gasteiger partial charge is 0.161 e. The van der Waals surface area contributed by atoms with Crippen LogP contribution in [0.3, 0.4) is 0 Å². The first-order chi connectivity index (χ1) is 16.3. The van der Waals surface area contributed by atoms with E-state index in [4.69, 9.17) is 18.9 Å². The van der Waals surface area contributed by atoms with Crippen molar-refractivity contribution in [3.8, 4) is 29.1 Å². The number of unbranched alkanes of at least 4 members (excludes halogenated alkanes) is 1. The molecule has 0 aliphatic rings. The molecular weight excluding hydrogens is 428 g/mol. The SMILES string of the molecule is COc1ccc(CCN(C)CCCCC(C#N)(c2ccc(OC)c(OC)c2)C(C)C)cc1OC. The summed E-state index contributed by atoms with van der Waals surface area (Å²) in [6.07, 6.45) is 3.75. The highest BCUT2D eigenvalue weighted by molar-refractivity contribution is 5.47. The lowest BCUT2D eigenvalue weighted by molar-refractivity contribution is 0.305. The third kappa shape index (κ3) is 6.57. The molecule has 1 atom stereocenters. The number of benzene rings is 2. The molecule has 0 heterocycles. The fraction of sp³-hybridized carbons (Fsp3) is 0.536. The van der Waals surface area contributed by atoms with Gasteiger partial charge in [-0.25, -0.2) is 0 Å². The molecule has 0 saturated heterocycles. The second-order valence-corrected chi connectivity index (χ2v) is 9.01. The van der Waals surface area contributed by atoms with Gasteiger partial charge in [0.15, 0.2) is 23.0 Å². The van der Waals surface area contributed by atoms with Gasteiger partial charge in [-0.05, 0) is 74.2 Å². The minimum Gasteiger partial charge on any atom is -0.493 e. The van der Waals surface area contributed by atoms with Gasteiger partial charge in [-0.3, -0.25) is 0 Å². The molecule has 0 aliphatic carbocycles. The van der Waals surface area contributed by atoms with E-state index in [0.717, 1.165) is 55.8 Å². The molecule has 0 spiro atoms. The zero-order chi connectivity index (χ0) is 25.1. The van der Waals surface area contributed by atoms with E-state index in [2.05, 4.69) is 37.9 Å². The van der Waals surface area contributed by atoms with Gasteiger partial charge < -0.3 is 23.8 Å². The molecule has 0 saturated carbocycles. The standard InChI is InChI=1S/C28H40N2O4/c1-21(2)28(20-29,23-11-13-25(32-5)27(19-23)34-7)15-8-9-16-30(3)17-14-22-10-12-24(31-4)26(18-22)33-6/h10-13,18-19,21H,8-9,14-17H2,1-7H3. The second-order valence-electron chi connectivity index (χ2n) is 9.01. The highest BCUT2D eigenvalue weighted by Gasteiger charge is 2.36. The van der Waals surface area contributed by atoms with Crippen LogP contribution in [-0.4, -0.2) is 53.5 Å². The summed E-state index contributed by atoms with van der Waals surface area (Å²) in [5, 5.41) is 10.2. The van der Waals surface area contributed by atoms with Crippen molar-refractivity contribution in [2.24, 2.45) is 5.92 Å². The van der Waals surface area contributed by atoms with Crippen LogP contribution in [0.25, 0.3) is 0 Å². The average molecular weight is 469 g/mol. The summed E-state index contributed by atoms with van der Waals surface area (Å²) in [4.78, 5) is 2.34. The van der Waals surface area contributed by atoms with Crippen LogP contribution in [0, 0.1) is 17.2 Å². The Hall–Kier alpha value is -2.91. The number of methoxy groups -OCH3 is 4. The zero-order valence-corrected chi connectivity index (χ0v) is 21.8. The summed E-state index contributed by atoms with van der Waals surface area (Å²) in [6, 6.07) is 14.6. The molecule has 186 valence electrons. The van der Waals surface area contributed by atoms with Gasteiger partial charge in [0.2, 0.25) is 0 Å². The summed E-state index contributed by atoms with van der Waals surface area (Å²) in [5.74, 6) is 3.03. The van der Waals surface area contributed by atoms with Crippen LogP contribution in [0.15, 0.2) is 36.4 Å². The van der Waals surface area contributed by atoms with Crippen molar-refractivity contribution < 1.29 is 18.9 Å². The Bertz CT molecular complexity index is 954. The quantitative estimate of drug-likeness (QED) is 0.342. The van der Waals surface area contributed by atoms with Crippen molar-refractivity contribution in [3.63, 3.8) is 0 Å². The lowest BCUT2D eigenvalue weighted by atomic mass is 9.69. The average Bonchev–Trinajstić information content (AvgIpc) is 2.86. The molecule has 0 amide bonds. The third-order valence-corrected chi connectivity index (χ3v) is 6.67. The number of hydrogen-bond acceptors (Lipinski definition) is 6. The topological polar surface area (TPSA) is 64.0 Å². The van der Waals surface area contributed by atoms with E-state index in [0.29, 0.717) is 11.5 Å². The number of nitriles is 1. The van der Waals surface area contributed by atoms with Gasteiger partial charge in [0.25, 0.3) is 0 Å². The van der Waals surface area contributed by atoms with Gasteiger partial charge in [-0.1, -0.05) is 32.4 Å². The summed E-state index contributed by atoms with van der Waals surface area (Å²) in [7, 11) is 8.71. The molecule has 2 rings (SSSR count). The van der Waals surface area contributed by atoms with Gasteiger partial charge in [0.1, 0.15) is 0 Å². The molecule has 0 radical (unpaired) electrons. The predicted octanol–water partition coefficient (Wildman–Crippen LogP) is 5.48. The summed E-state index contributed by atoms with van der Waals surface area (Å²) in [5.41, 5.74) is 1.66. The fourth-order valence-corrected chi connectivity index (χ4v) is 4.38. The first-order valence-corrected chi connectivity index (χ1v) is 11.9. The number of nitrogens with zero attached hydrogens (tertiary/aromatic N) is 2. The Labute approximate surface area is 205 Å². The molecule has 0 fully saturated rings. The van der Waals surface area contributed by atoms with Crippen molar-refractivity contribution in [3.05, 3.63) is 47.5 Å². The maximum Gasteiger partial charge on any atom is 0.161 e. The number of likely N-dealkylation sites (N-methyl/N-ethyl adjacent to an activating group) is 1. The normalized spacial score (nSPS) is 12.8. The van der Waals surface area contributed by atoms with Gasteiger partial charge in [0, 0.05) is 6.54 Å². The Morgan fingerprint density at radius 1 is 0.824 bits per heavy atom. The lowest BCUT2D eigenvalue weighted by Gasteiger charge is -2.32. The molecule has 2 aromatic carbocycles. The van der Waals surface area contributed by atoms with E-state index in [1.807, 2.05) is 30.3 Å². The minimum atomic E-state index is -0.558. The molecule has 0 aliphatic heterocycles. The molecule has 1 unspecified atom stereocenters. The van der Waals surface area contributed by atoms with Crippen LogP contribution < -0.4 is 18.9 Å². The summed E-state index contributed by atoms with van der Waals surface area (Å²) >= 11 is 0. The molecule has 6 nitrogen and oxygen atoms in total. The monoisotopic (exact) mass is 468 g/mol. The Kier molecular flexibility index (Phi) is 10.5. The molecule has 0 aromatic heterocycles. The fourth-order valence-electron chi connectivity index (χ4n) is 4.38. The lowest BCUT2D eigenvalue weighted by Crippen LogP contribution is -2.31. The second kappa shape index (κ2) is 13.1. The van der Waals surface area contributed by atoms with E-state index < -0.39 is 5.41 Å². The van der Waals surface area contributed by atoms with Crippen LogP contribution in [0.4, 0.5) is 0 Å². The number of hydrogen-bond donors (Lipinski definition) is 0. The third-order valence-electron chi connectivity index (χ3n) is 6.67. The largest absolute Gasteiger partial charge is 0.493 e. The maximum atomic E-state index is 10.2. The van der Waals surface area contributed by atoms with Gasteiger partial charge in [-0.15, -0.1) is 0 Å². The number of ether oxygens (including phenoxy) is 4. The van der Waals surface area contributed by atoms with E-state index in [1.54, 1.807) is 28.4 Å². The van der Waals surface area contributed by atoms with Gasteiger partial charge >= 0.3 is 0 Å². The van der Waals surface area contributed by atoms with Crippen LogP contribution in [0.2, 0.25) is 0 Å². The van der Waals surface area contributed by atoms with Crippen LogP contribution in [-0.2, 0) is 11.8 Å². The van der Waals surface area contributed by atoms with Crippen molar-refractivity contribution in [1.29, 1.82) is 5.26 Å². The Morgan fingerprint density at radius 3 is 1.97 bits per heavy atom. The highest BCUT2D eigenvalue weighted by atomic mass is 16.5. The molecule has 34 heavy (non-hydrogen) atoms. The highest BCUT2D eigenvalue weighted by Crippen LogP contribution is 2.40. The molecular formula is C28H40N2O4. The Morgan fingerprint density at radius 2 is 1.41 bits per heavy atom. The first-order valence-electron chi connectivity index (χ1n) is 11.9. The van der Waals surface area contributed by atoms with E-state index in [9.17, 15) is 5.26 Å². The van der Waals surface area contributed by atoms with Crippen LogP contribution in [0.5, 0.6) is 23.0 Å². The van der Waals surface area contributed by atoms with E-state index in [-0.39, 0.29) is 5.92 Å². The van der Waals surface area contributed by atoms with Gasteiger partial charge in [-0.2, -0.15) is 5.26 Å². The molecule has 6 heteroatoms. The maximum absolute atomic E-state index is 10.2. The van der Waals surface area contributed by atoms with Crippen molar-refractivity contribution in [2.45, 2.75) is 44.9 Å². The van der Waals surface area contributed by atoms with Crippen molar-refractivity contribution in [1.82, 2.24) is 4.90 Å². The number of rotatable bonds is 14. The minimum absolute atomic E-state index is 0.179. The molecule has 0 bridgehead atoms. The molecule has 0 N–H and O–H groups in total. The van der Waals surface area contributed by atoms with Gasteiger partial charge in [0.05, 0.1) is 39.9 Å². The summed E-state index contributed by atoms with van der Waals surface area (Å²) in [6.45, 7) is 6.18. The predicted molar refractivity (Wildman–Crippen MR) is 136 cm³/mol.